The van der Waals surface area contributed by atoms with Gasteiger partial charge in [-0.05, 0) is 31.4 Å². The fraction of sp³-hybridized carbons (Fsp3) is 0.526. The lowest BCUT2D eigenvalue weighted by Crippen LogP contribution is -2.38. The van der Waals surface area contributed by atoms with Crippen molar-refractivity contribution in [3.63, 3.8) is 0 Å². The van der Waals surface area contributed by atoms with E-state index in [1.165, 1.54) is 6.42 Å². The molecule has 0 atom stereocenters. The third-order valence-corrected chi connectivity index (χ3v) is 4.79. The second kappa shape index (κ2) is 8.14. The number of hydrogen-bond donors (Lipinski definition) is 2. The van der Waals surface area contributed by atoms with Gasteiger partial charge < -0.3 is 15.0 Å². The highest BCUT2D eigenvalue weighted by molar-refractivity contribution is 5.79. The first-order chi connectivity index (χ1) is 12.1. The maximum Gasteiger partial charge on any atom is 0.226 e. The zero-order valence-electron chi connectivity index (χ0n) is 14.8. The molecule has 2 aromatic heterocycles. The molecular formula is C19H26N4O2. The third kappa shape index (κ3) is 4.59. The summed E-state index contributed by atoms with van der Waals surface area (Å²) in [5.41, 5.74) is 2.71. The van der Waals surface area contributed by atoms with Crippen LogP contribution in [0.5, 0.6) is 0 Å². The topological polar surface area (TPSA) is 75.5 Å². The normalized spacial score (nSPS) is 15.2. The number of pyridine rings is 1. The second-order valence-electron chi connectivity index (χ2n) is 6.81. The average molecular weight is 342 g/mol. The monoisotopic (exact) mass is 342 g/mol. The van der Waals surface area contributed by atoms with E-state index in [0.29, 0.717) is 13.1 Å². The summed E-state index contributed by atoms with van der Waals surface area (Å²) >= 11 is 0. The van der Waals surface area contributed by atoms with Crippen LogP contribution in [0.1, 0.15) is 43.4 Å². The van der Waals surface area contributed by atoms with Crippen LogP contribution in [0.25, 0.3) is 5.65 Å². The van der Waals surface area contributed by atoms with E-state index in [1.807, 2.05) is 35.9 Å². The van der Waals surface area contributed by atoms with Gasteiger partial charge in [-0.3, -0.25) is 9.59 Å². The van der Waals surface area contributed by atoms with Crippen molar-refractivity contribution in [3.05, 3.63) is 35.8 Å². The van der Waals surface area contributed by atoms with Crippen molar-refractivity contribution in [2.24, 2.45) is 5.92 Å². The van der Waals surface area contributed by atoms with Gasteiger partial charge in [0.2, 0.25) is 11.8 Å². The molecule has 0 aliphatic heterocycles. The van der Waals surface area contributed by atoms with Gasteiger partial charge in [0.15, 0.2) is 0 Å². The first-order valence-corrected chi connectivity index (χ1v) is 9.11. The first kappa shape index (κ1) is 17.5. The minimum Gasteiger partial charge on any atom is -0.354 e. The van der Waals surface area contributed by atoms with Gasteiger partial charge >= 0.3 is 0 Å². The minimum atomic E-state index is -0.0759. The molecule has 0 bridgehead atoms. The molecule has 1 saturated carbocycles. The van der Waals surface area contributed by atoms with Crippen molar-refractivity contribution in [2.45, 2.75) is 45.4 Å². The zero-order chi connectivity index (χ0) is 17.6. The fourth-order valence-electron chi connectivity index (χ4n) is 3.41. The molecule has 1 fully saturated rings. The van der Waals surface area contributed by atoms with E-state index >= 15 is 0 Å². The first-order valence-electron chi connectivity index (χ1n) is 9.11. The Bertz CT molecular complexity index is 747. The van der Waals surface area contributed by atoms with Crippen LogP contribution in [0.2, 0.25) is 0 Å². The summed E-state index contributed by atoms with van der Waals surface area (Å²) < 4.78 is 1.93. The highest BCUT2D eigenvalue weighted by Crippen LogP contribution is 2.23. The Morgan fingerprint density at radius 1 is 1.20 bits per heavy atom. The second-order valence-corrected chi connectivity index (χ2v) is 6.81. The molecule has 6 heteroatoms. The van der Waals surface area contributed by atoms with Gasteiger partial charge in [0.25, 0.3) is 0 Å². The molecule has 0 spiro atoms. The Hall–Kier alpha value is -2.37. The highest BCUT2D eigenvalue weighted by Gasteiger charge is 2.20. The molecule has 0 saturated heterocycles. The molecule has 2 amide bonds. The Morgan fingerprint density at radius 2 is 1.96 bits per heavy atom. The minimum absolute atomic E-state index is 0.0759. The van der Waals surface area contributed by atoms with Crippen LogP contribution >= 0.6 is 0 Å². The number of nitrogens with one attached hydrogen (secondary N) is 2. The Labute approximate surface area is 148 Å². The molecule has 2 aromatic rings. The van der Waals surface area contributed by atoms with Gasteiger partial charge in [0, 0.05) is 31.4 Å². The summed E-state index contributed by atoms with van der Waals surface area (Å²) in [6, 6.07) is 3.96. The lowest BCUT2D eigenvalue weighted by Gasteiger charge is -2.20. The van der Waals surface area contributed by atoms with Crippen LogP contribution in [0.15, 0.2) is 24.5 Å². The van der Waals surface area contributed by atoms with E-state index in [4.69, 9.17) is 0 Å². The summed E-state index contributed by atoms with van der Waals surface area (Å²) in [5.74, 6) is 0.211. The number of hydrogen-bond acceptors (Lipinski definition) is 3. The Balaban J connectivity index is 1.40. The number of nitrogens with zero attached hydrogens (tertiary/aromatic N) is 2. The Morgan fingerprint density at radius 3 is 2.72 bits per heavy atom. The number of amides is 2. The molecule has 3 rings (SSSR count). The molecule has 2 heterocycles. The van der Waals surface area contributed by atoms with Gasteiger partial charge in [-0.1, -0.05) is 25.3 Å². The van der Waals surface area contributed by atoms with Crippen molar-refractivity contribution in [1.82, 2.24) is 20.0 Å². The number of carbonyl (C=O) groups is 2. The number of carbonyl (C=O) groups excluding carboxylic acids is 2. The van der Waals surface area contributed by atoms with E-state index < -0.39 is 0 Å². The molecule has 1 aliphatic carbocycles. The van der Waals surface area contributed by atoms with Crippen LogP contribution in [-0.2, 0) is 16.0 Å². The predicted octanol–water partition coefficient (Wildman–Crippen LogP) is 2.00. The average Bonchev–Trinajstić information content (AvgIpc) is 3.03. The van der Waals surface area contributed by atoms with Crippen LogP contribution in [-0.4, -0.2) is 34.3 Å². The van der Waals surface area contributed by atoms with E-state index in [1.54, 1.807) is 0 Å². The van der Waals surface area contributed by atoms with Crippen molar-refractivity contribution < 1.29 is 9.59 Å². The van der Waals surface area contributed by atoms with E-state index in [9.17, 15) is 9.59 Å². The number of imidazole rings is 1. The van der Waals surface area contributed by atoms with Crippen molar-refractivity contribution >= 4 is 17.5 Å². The molecule has 0 aromatic carbocycles. The van der Waals surface area contributed by atoms with Crippen LogP contribution in [0.4, 0.5) is 0 Å². The molecule has 6 nitrogen and oxygen atoms in total. The number of rotatable bonds is 6. The zero-order valence-corrected chi connectivity index (χ0v) is 14.8. The summed E-state index contributed by atoms with van der Waals surface area (Å²) in [6.45, 7) is 2.93. The molecule has 2 N–H and O–H groups in total. The number of fused-ring (bicyclic) bond motifs is 1. The smallest absolute Gasteiger partial charge is 0.226 e. The SMILES string of the molecule is Cc1cccn2cc(CC(=O)NCCNC(=O)C3CCCCC3)nc12. The molecule has 134 valence electrons. The lowest BCUT2D eigenvalue weighted by atomic mass is 9.89. The quantitative estimate of drug-likeness (QED) is 0.789. The lowest BCUT2D eigenvalue weighted by molar-refractivity contribution is -0.126. The van der Waals surface area contributed by atoms with E-state index in [0.717, 1.165) is 42.6 Å². The highest BCUT2D eigenvalue weighted by atomic mass is 16.2. The maximum atomic E-state index is 12.0. The van der Waals surface area contributed by atoms with Crippen molar-refractivity contribution in [2.75, 3.05) is 13.1 Å². The summed E-state index contributed by atoms with van der Waals surface area (Å²) in [4.78, 5) is 28.6. The Kier molecular flexibility index (Phi) is 5.68. The fourth-order valence-corrected chi connectivity index (χ4v) is 3.41. The van der Waals surface area contributed by atoms with Gasteiger partial charge in [-0.2, -0.15) is 0 Å². The van der Waals surface area contributed by atoms with E-state index in [-0.39, 0.29) is 24.2 Å². The molecule has 0 radical (unpaired) electrons. The molecule has 0 unspecified atom stereocenters. The molecule has 25 heavy (non-hydrogen) atoms. The van der Waals surface area contributed by atoms with Crippen LogP contribution < -0.4 is 10.6 Å². The van der Waals surface area contributed by atoms with Gasteiger partial charge in [0.1, 0.15) is 5.65 Å². The maximum absolute atomic E-state index is 12.0. The van der Waals surface area contributed by atoms with E-state index in [2.05, 4.69) is 15.6 Å². The summed E-state index contributed by atoms with van der Waals surface area (Å²) in [6.07, 6.45) is 9.57. The van der Waals surface area contributed by atoms with Gasteiger partial charge in [-0.15, -0.1) is 0 Å². The van der Waals surface area contributed by atoms with Gasteiger partial charge in [0.05, 0.1) is 12.1 Å². The summed E-state index contributed by atoms with van der Waals surface area (Å²) in [5, 5.41) is 5.77. The van der Waals surface area contributed by atoms with Gasteiger partial charge in [-0.25, -0.2) is 4.98 Å². The number of aromatic nitrogens is 2. The third-order valence-electron chi connectivity index (χ3n) is 4.79. The number of aryl methyl sites for hydroxylation is 1. The molecular weight excluding hydrogens is 316 g/mol. The standard InChI is InChI=1S/C19H26N4O2/c1-14-6-5-11-23-13-16(22-18(14)23)12-17(24)20-9-10-21-19(25)15-7-3-2-4-8-15/h5-6,11,13,15H,2-4,7-10,12H2,1H3,(H,20,24)(H,21,25). The van der Waals surface area contributed by atoms with Crippen LogP contribution in [0, 0.1) is 12.8 Å². The molecule has 1 aliphatic rings. The predicted molar refractivity (Wildman–Crippen MR) is 96.2 cm³/mol. The largest absolute Gasteiger partial charge is 0.354 e. The van der Waals surface area contributed by atoms with Crippen molar-refractivity contribution in [3.8, 4) is 0 Å². The van der Waals surface area contributed by atoms with Crippen LogP contribution in [0.3, 0.4) is 0 Å². The summed E-state index contributed by atoms with van der Waals surface area (Å²) in [7, 11) is 0. The van der Waals surface area contributed by atoms with Crippen molar-refractivity contribution in [1.29, 1.82) is 0 Å².